The maximum Gasteiger partial charge on any atom is 0.332 e. The molecule has 2 heterocycles. The Morgan fingerprint density at radius 1 is 1.17 bits per heavy atom. The number of nitrogens with two attached hydrogens (primary N) is 1. The van der Waals surface area contributed by atoms with Crippen LogP contribution < -0.4 is 22.3 Å². The molecule has 0 aliphatic carbocycles. The SMILES string of the molecule is CC(C)NC1CCN(CC(=O)c2c(N)n(Cc3ccccc3)c(=O)n(C)c2=O)CC1. The van der Waals surface area contributed by atoms with E-state index >= 15 is 0 Å². The Balaban J connectivity index is 1.81. The van der Waals surface area contributed by atoms with Crippen molar-refractivity contribution in [2.45, 2.75) is 45.3 Å². The van der Waals surface area contributed by atoms with E-state index in [1.807, 2.05) is 35.2 Å². The van der Waals surface area contributed by atoms with Gasteiger partial charge in [-0.05, 0) is 18.4 Å². The van der Waals surface area contributed by atoms with Gasteiger partial charge >= 0.3 is 5.69 Å². The molecule has 0 atom stereocenters. The number of nitrogens with zero attached hydrogens (tertiary/aromatic N) is 3. The van der Waals surface area contributed by atoms with Gasteiger partial charge in [0.15, 0.2) is 5.78 Å². The van der Waals surface area contributed by atoms with Crippen LogP contribution in [0.2, 0.25) is 0 Å². The van der Waals surface area contributed by atoms with Crippen LogP contribution in [0.4, 0.5) is 5.82 Å². The molecule has 0 bridgehead atoms. The molecule has 3 rings (SSSR count). The second-order valence-corrected chi connectivity index (χ2v) is 8.27. The van der Waals surface area contributed by atoms with Crippen molar-refractivity contribution in [3.05, 3.63) is 62.3 Å². The van der Waals surface area contributed by atoms with E-state index in [0.717, 1.165) is 36.1 Å². The zero-order chi connectivity index (χ0) is 21.8. The van der Waals surface area contributed by atoms with Crippen molar-refractivity contribution >= 4 is 11.6 Å². The van der Waals surface area contributed by atoms with Gasteiger partial charge in [-0.1, -0.05) is 44.2 Å². The van der Waals surface area contributed by atoms with Gasteiger partial charge in [-0.2, -0.15) is 0 Å². The minimum absolute atomic E-state index is 0.0617. The van der Waals surface area contributed by atoms with E-state index in [2.05, 4.69) is 19.2 Å². The Labute approximate surface area is 176 Å². The van der Waals surface area contributed by atoms with Gasteiger partial charge in [0, 0.05) is 32.2 Å². The first-order valence-electron chi connectivity index (χ1n) is 10.4. The molecule has 3 N–H and O–H groups in total. The number of aromatic nitrogens is 2. The van der Waals surface area contributed by atoms with Crippen molar-refractivity contribution in [3.8, 4) is 0 Å². The second-order valence-electron chi connectivity index (χ2n) is 8.27. The Hall–Kier alpha value is -2.71. The van der Waals surface area contributed by atoms with Crippen LogP contribution in [-0.2, 0) is 13.6 Å². The van der Waals surface area contributed by atoms with E-state index in [1.54, 1.807) is 0 Å². The monoisotopic (exact) mass is 413 g/mol. The average Bonchev–Trinajstić information content (AvgIpc) is 2.71. The van der Waals surface area contributed by atoms with E-state index in [1.165, 1.54) is 11.6 Å². The summed E-state index contributed by atoms with van der Waals surface area (Å²) in [7, 11) is 1.38. The van der Waals surface area contributed by atoms with Crippen LogP contribution in [0.3, 0.4) is 0 Å². The largest absolute Gasteiger partial charge is 0.384 e. The molecule has 0 spiro atoms. The van der Waals surface area contributed by atoms with Crippen molar-refractivity contribution < 1.29 is 4.79 Å². The quantitative estimate of drug-likeness (QED) is 0.652. The Kier molecular flexibility index (Phi) is 6.89. The van der Waals surface area contributed by atoms with Crippen LogP contribution >= 0.6 is 0 Å². The lowest BCUT2D eigenvalue weighted by Gasteiger charge is -2.33. The summed E-state index contributed by atoms with van der Waals surface area (Å²) in [5.74, 6) is -0.404. The molecule has 0 amide bonds. The summed E-state index contributed by atoms with van der Waals surface area (Å²) in [5, 5.41) is 3.53. The van der Waals surface area contributed by atoms with E-state index in [9.17, 15) is 14.4 Å². The van der Waals surface area contributed by atoms with Gasteiger partial charge in [0.1, 0.15) is 11.4 Å². The highest BCUT2D eigenvalue weighted by Gasteiger charge is 2.26. The number of benzene rings is 1. The summed E-state index contributed by atoms with van der Waals surface area (Å²) in [5.41, 5.74) is 5.78. The van der Waals surface area contributed by atoms with Crippen LogP contribution in [-0.4, -0.2) is 51.5 Å². The van der Waals surface area contributed by atoms with Crippen LogP contribution in [0.15, 0.2) is 39.9 Å². The van der Waals surface area contributed by atoms with E-state index in [-0.39, 0.29) is 30.3 Å². The number of piperidine rings is 1. The van der Waals surface area contributed by atoms with E-state index in [4.69, 9.17) is 5.73 Å². The molecule has 2 aromatic rings. The topological polar surface area (TPSA) is 102 Å². The number of anilines is 1. The highest BCUT2D eigenvalue weighted by molar-refractivity contribution is 6.01. The fourth-order valence-electron chi connectivity index (χ4n) is 3.98. The predicted molar refractivity (Wildman–Crippen MR) is 118 cm³/mol. The molecular formula is C22H31N5O3. The third-order valence-corrected chi connectivity index (χ3v) is 5.57. The highest BCUT2D eigenvalue weighted by atomic mass is 16.2. The molecular weight excluding hydrogens is 382 g/mol. The molecule has 8 nitrogen and oxygen atoms in total. The van der Waals surface area contributed by atoms with Gasteiger partial charge in [-0.25, -0.2) is 4.79 Å². The molecule has 1 aromatic carbocycles. The Morgan fingerprint density at radius 3 is 2.40 bits per heavy atom. The highest BCUT2D eigenvalue weighted by Crippen LogP contribution is 2.14. The average molecular weight is 414 g/mol. The zero-order valence-corrected chi connectivity index (χ0v) is 17.9. The van der Waals surface area contributed by atoms with Crippen molar-refractivity contribution in [1.82, 2.24) is 19.4 Å². The molecule has 1 aliphatic heterocycles. The van der Waals surface area contributed by atoms with Gasteiger partial charge in [0.05, 0.1) is 13.1 Å². The van der Waals surface area contributed by atoms with Gasteiger partial charge in [0.2, 0.25) is 0 Å². The number of carbonyl (C=O) groups excluding carboxylic acids is 1. The lowest BCUT2D eigenvalue weighted by atomic mass is 10.0. The summed E-state index contributed by atoms with van der Waals surface area (Å²) in [6.45, 7) is 6.13. The summed E-state index contributed by atoms with van der Waals surface area (Å²) >= 11 is 0. The fraction of sp³-hybridized carbons (Fsp3) is 0.500. The first-order chi connectivity index (χ1) is 14.3. The lowest BCUT2D eigenvalue weighted by molar-refractivity contribution is 0.0900. The fourth-order valence-corrected chi connectivity index (χ4v) is 3.98. The smallest absolute Gasteiger partial charge is 0.332 e. The van der Waals surface area contributed by atoms with E-state index < -0.39 is 11.2 Å². The van der Waals surface area contributed by atoms with E-state index in [0.29, 0.717) is 12.1 Å². The number of ketones is 1. The van der Waals surface area contributed by atoms with Gasteiger partial charge in [0.25, 0.3) is 5.56 Å². The minimum atomic E-state index is -0.636. The van der Waals surface area contributed by atoms with Crippen LogP contribution in [0.25, 0.3) is 0 Å². The number of rotatable bonds is 7. The maximum absolute atomic E-state index is 13.0. The van der Waals surface area contributed by atoms with Crippen molar-refractivity contribution in [2.24, 2.45) is 7.05 Å². The normalized spacial score (nSPS) is 15.6. The maximum atomic E-state index is 13.0. The first kappa shape index (κ1) is 22.0. The first-order valence-corrected chi connectivity index (χ1v) is 10.4. The number of hydrogen-bond acceptors (Lipinski definition) is 6. The number of nitrogens with one attached hydrogen (secondary N) is 1. The third-order valence-electron chi connectivity index (χ3n) is 5.57. The predicted octanol–water partition coefficient (Wildman–Crippen LogP) is 0.823. The standard InChI is InChI=1S/C22H31N5O3/c1-15(2)24-17-9-11-26(12-10-17)14-18(28)19-20(23)27(22(30)25(3)21(19)29)13-16-7-5-4-6-8-16/h4-8,15,17,24H,9-14,23H2,1-3H3. The molecule has 1 saturated heterocycles. The molecule has 1 aromatic heterocycles. The number of carbonyl (C=O) groups is 1. The minimum Gasteiger partial charge on any atom is -0.384 e. The number of hydrogen-bond donors (Lipinski definition) is 2. The summed E-state index contributed by atoms with van der Waals surface area (Å²) in [6, 6.07) is 10.2. The summed E-state index contributed by atoms with van der Waals surface area (Å²) < 4.78 is 2.26. The molecule has 1 aliphatic rings. The number of nitrogen functional groups attached to an aromatic ring is 1. The molecule has 30 heavy (non-hydrogen) atoms. The molecule has 162 valence electrons. The number of Topliss-reactive ketones (excluding diaryl/α,β-unsaturated/α-hetero) is 1. The molecule has 8 heteroatoms. The molecule has 1 fully saturated rings. The van der Waals surface area contributed by atoms with Crippen molar-refractivity contribution in [3.63, 3.8) is 0 Å². The Bertz CT molecular complexity index is 1000. The van der Waals surface area contributed by atoms with Crippen LogP contribution in [0.5, 0.6) is 0 Å². The zero-order valence-electron chi connectivity index (χ0n) is 17.9. The lowest BCUT2D eigenvalue weighted by Crippen LogP contribution is -2.47. The van der Waals surface area contributed by atoms with Crippen LogP contribution in [0.1, 0.15) is 42.6 Å². The molecule has 0 saturated carbocycles. The molecule has 0 unspecified atom stereocenters. The Morgan fingerprint density at radius 2 is 1.80 bits per heavy atom. The van der Waals surface area contributed by atoms with Gasteiger partial charge in [-0.15, -0.1) is 0 Å². The molecule has 0 radical (unpaired) electrons. The summed E-state index contributed by atoms with van der Waals surface area (Å²) in [6.07, 6.45) is 1.90. The number of likely N-dealkylation sites (tertiary alicyclic amines) is 1. The van der Waals surface area contributed by atoms with Crippen LogP contribution in [0, 0.1) is 0 Å². The third kappa shape index (κ3) is 4.88. The van der Waals surface area contributed by atoms with Crippen molar-refractivity contribution in [2.75, 3.05) is 25.4 Å². The van der Waals surface area contributed by atoms with Gasteiger partial charge < -0.3 is 11.1 Å². The summed E-state index contributed by atoms with van der Waals surface area (Å²) in [4.78, 5) is 40.4. The van der Waals surface area contributed by atoms with Crippen molar-refractivity contribution in [1.29, 1.82) is 0 Å². The second kappa shape index (κ2) is 9.40. The van der Waals surface area contributed by atoms with Gasteiger partial charge in [-0.3, -0.25) is 23.6 Å².